The summed E-state index contributed by atoms with van der Waals surface area (Å²) in [6, 6.07) is 16.7. The molecule has 1 aliphatic heterocycles. The number of para-hydroxylation sites is 2. The van der Waals surface area contributed by atoms with Crippen molar-refractivity contribution in [3.05, 3.63) is 54.1 Å². The van der Waals surface area contributed by atoms with Gasteiger partial charge in [-0.25, -0.2) is 9.97 Å². The van der Waals surface area contributed by atoms with Crippen LogP contribution < -0.4 is 4.74 Å². The van der Waals surface area contributed by atoms with E-state index < -0.39 is 0 Å². The second-order valence-electron chi connectivity index (χ2n) is 9.53. The Hall–Kier alpha value is -2.68. The van der Waals surface area contributed by atoms with E-state index >= 15 is 0 Å². The van der Waals surface area contributed by atoms with Crippen molar-refractivity contribution in [1.82, 2.24) is 9.97 Å². The Balaban J connectivity index is 1.78. The van der Waals surface area contributed by atoms with E-state index in [9.17, 15) is 0 Å². The molecule has 0 N–H and O–H groups in total. The predicted molar refractivity (Wildman–Crippen MR) is 119 cm³/mol. The topological polar surface area (TPSA) is 35.0 Å². The van der Waals surface area contributed by atoms with Crippen LogP contribution in [0.4, 0.5) is 0 Å². The maximum absolute atomic E-state index is 6.79. The van der Waals surface area contributed by atoms with Crippen LogP contribution in [0.1, 0.15) is 51.5 Å². The average molecular weight is 383 g/mol. The van der Waals surface area contributed by atoms with Gasteiger partial charge in [-0.15, -0.1) is 0 Å². The molecule has 0 radical (unpaired) electrons. The lowest BCUT2D eigenvalue weighted by Crippen LogP contribution is -2.46. The molecule has 4 aromatic rings. The first-order valence-corrected chi connectivity index (χ1v) is 10.8. The summed E-state index contributed by atoms with van der Waals surface area (Å²) in [5, 5.41) is 2.31. The van der Waals surface area contributed by atoms with Crippen molar-refractivity contribution >= 4 is 32.8 Å². The molecule has 3 atom stereocenters. The Morgan fingerprint density at radius 3 is 2.28 bits per heavy atom. The van der Waals surface area contributed by atoms with Crippen molar-refractivity contribution in [1.29, 1.82) is 0 Å². The molecule has 0 saturated heterocycles. The summed E-state index contributed by atoms with van der Waals surface area (Å²) in [5.41, 5.74) is 5.10. The summed E-state index contributed by atoms with van der Waals surface area (Å²) < 4.78 is 6.79. The van der Waals surface area contributed by atoms with Crippen LogP contribution in [0.15, 0.2) is 48.5 Å². The molecule has 0 amide bonds. The van der Waals surface area contributed by atoms with Crippen LogP contribution in [0.2, 0.25) is 0 Å². The molecule has 3 unspecified atom stereocenters. The first-order valence-electron chi connectivity index (χ1n) is 10.8. The van der Waals surface area contributed by atoms with Crippen molar-refractivity contribution in [3.8, 4) is 5.75 Å². The molecule has 0 spiro atoms. The third kappa shape index (κ3) is 2.43. The molecular formula is C26H26N2O. The molecule has 2 heterocycles. The zero-order valence-corrected chi connectivity index (χ0v) is 17.3. The Morgan fingerprint density at radius 1 is 0.862 bits per heavy atom. The molecule has 3 heteroatoms. The van der Waals surface area contributed by atoms with E-state index in [1.54, 1.807) is 0 Å². The molecule has 0 bridgehead atoms. The number of ether oxygens (including phenoxy) is 1. The Bertz CT molecular complexity index is 1280. The van der Waals surface area contributed by atoms with Crippen LogP contribution >= 0.6 is 0 Å². The Labute approximate surface area is 171 Å². The van der Waals surface area contributed by atoms with Gasteiger partial charge in [-0.2, -0.15) is 0 Å². The highest BCUT2D eigenvalue weighted by molar-refractivity contribution is 6.11. The average Bonchev–Trinajstić information content (AvgIpc) is 2.72. The molecular weight excluding hydrogens is 356 g/mol. The van der Waals surface area contributed by atoms with Gasteiger partial charge >= 0.3 is 0 Å². The number of nitrogens with zero attached hydrogens (tertiary/aromatic N) is 2. The summed E-state index contributed by atoms with van der Waals surface area (Å²) in [5.74, 6) is 2.76. The largest absolute Gasteiger partial charge is 0.487 e. The fraction of sp³-hybridized carbons (Fsp3) is 0.385. The van der Waals surface area contributed by atoms with Crippen molar-refractivity contribution in [2.24, 2.45) is 11.8 Å². The lowest BCUT2D eigenvalue weighted by atomic mass is 9.64. The number of rotatable bonds is 0. The standard InChI is InChI=1S/C26H26N2O/c1-15-12-13-19-18(14-15)22-24-23(27-20-10-6-7-11-21(20)28-24)16-8-4-5-9-17(16)25(22)29-26(19,2)3/h4-11,15,18-19H,12-14H2,1-3H3. The van der Waals surface area contributed by atoms with Gasteiger partial charge in [0.2, 0.25) is 0 Å². The van der Waals surface area contributed by atoms with E-state index in [4.69, 9.17) is 14.7 Å². The van der Waals surface area contributed by atoms with Gasteiger partial charge in [0.25, 0.3) is 0 Å². The maximum Gasteiger partial charge on any atom is 0.133 e. The number of hydrogen-bond donors (Lipinski definition) is 0. The van der Waals surface area contributed by atoms with E-state index in [0.717, 1.165) is 39.1 Å². The van der Waals surface area contributed by atoms with Gasteiger partial charge in [0, 0.05) is 22.3 Å². The van der Waals surface area contributed by atoms with Gasteiger partial charge in [-0.1, -0.05) is 49.7 Å². The Kier molecular flexibility index (Phi) is 3.51. The van der Waals surface area contributed by atoms with E-state index in [2.05, 4.69) is 57.2 Å². The van der Waals surface area contributed by atoms with Crippen LogP contribution in [0.25, 0.3) is 32.8 Å². The highest BCUT2D eigenvalue weighted by atomic mass is 16.5. The SMILES string of the molecule is CC1CCC2C(C1)c1c(c3ccccc3c3nc4ccccc4nc13)OC2(C)C. The van der Waals surface area contributed by atoms with E-state index in [1.807, 2.05) is 12.1 Å². The molecule has 3 nitrogen and oxygen atoms in total. The van der Waals surface area contributed by atoms with E-state index in [-0.39, 0.29) is 5.60 Å². The van der Waals surface area contributed by atoms with Gasteiger partial charge < -0.3 is 4.74 Å². The van der Waals surface area contributed by atoms with Crippen LogP contribution in [0, 0.1) is 11.8 Å². The molecule has 2 aliphatic rings. The summed E-state index contributed by atoms with van der Waals surface area (Å²) >= 11 is 0. The van der Waals surface area contributed by atoms with E-state index in [1.165, 1.54) is 30.2 Å². The third-order valence-electron chi connectivity index (χ3n) is 7.24. The summed E-state index contributed by atoms with van der Waals surface area (Å²) in [4.78, 5) is 10.3. The zero-order chi connectivity index (χ0) is 19.8. The fourth-order valence-corrected chi connectivity index (χ4v) is 5.84. The minimum atomic E-state index is -0.168. The van der Waals surface area contributed by atoms with E-state index in [0.29, 0.717) is 11.8 Å². The van der Waals surface area contributed by atoms with Crippen LogP contribution in [-0.2, 0) is 0 Å². The molecule has 1 fully saturated rings. The lowest BCUT2D eigenvalue weighted by molar-refractivity contribution is -0.0115. The smallest absolute Gasteiger partial charge is 0.133 e. The first kappa shape index (κ1) is 17.2. The molecule has 1 aliphatic carbocycles. The van der Waals surface area contributed by atoms with Crippen LogP contribution in [-0.4, -0.2) is 15.6 Å². The van der Waals surface area contributed by atoms with Crippen molar-refractivity contribution in [3.63, 3.8) is 0 Å². The van der Waals surface area contributed by atoms with Crippen LogP contribution in [0.5, 0.6) is 5.75 Å². The second-order valence-corrected chi connectivity index (χ2v) is 9.53. The summed E-state index contributed by atoms with van der Waals surface area (Å²) in [7, 11) is 0. The number of hydrogen-bond acceptors (Lipinski definition) is 3. The normalized spacial score (nSPS) is 25.6. The lowest BCUT2D eigenvalue weighted by Gasteiger charge is -2.49. The zero-order valence-electron chi connectivity index (χ0n) is 17.3. The van der Waals surface area contributed by atoms with Gasteiger partial charge in [0.15, 0.2) is 0 Å². The minimum absolute atomic E-state index is 0.168. The quantitative estimate of drug-likeness (QED) is 0.253. The van der Waals surface area contributed by atoms with Gasteiger partial charge in [-0.3, -0.25) is 0 Å². The predicted octanol–water partition coefficient (Wildman–Crippen LogP) is 6.63. The fourth-order valence-electron chi connectivity index (χ4n) is 5.84. The second kappa shape index (κ2) is 5.91. The molecule has 29 heavy (non-hydrogen) atoms. The third-order valence-corrected chi connectivity index (χ3v) is 7.24. The highest BCUT2D eigenvalue weighted by Gasteiger charge is 2.47. The first-order chi connectivity index (χ1) is 14.0. The summed E-state index contributed by atoms with van der Waals surface area (Å²) in [6.45, 7) is 6.94. The summed E-state index contributed by atoms with van der Waals surface area (Å²) in [6.07, 6.45) is 3.70. The molecule has 1 saturated carbocycles. The van der Waals surface area contributed by atoms with Gasteiger partial charge in [0.05, 0.1) is 22.1 Å². The Morgan fingerprint density at radius 2 is 1.52 bits per heavy atom. The number of fused-ring (bicyclic) bond motifs is 9. The maximum atomic E-state index is 6.79. The number of benzene rings is 3. The van der Waals surface area contributed by atoms with Crippen molar-refractivity contribution < 1.29 is 4.74 Å². The van der Waals surface area contributed by atoms with Crippen molar-refractivity contribution in [2.75, 3.05) is 0 Å². The van der Waals surface area contributed by atoms with Crippen molar-refractivity contribution in [2.45, 2.75) is 51.6 Å². The van der Waals surface area contributed by atoms with Gasteiger partial charge in [-0.05, 0) is 50.7 Å². The molecule has 6 rings (SSSR count). The minimum Gasteiger partial charge on any atom is -0.487 e. The molecule has 3 aromatic carbocycles. The van der Waals surface area contributed by atoms with Crippen LogP contribution in [0.3, 0.4) is 0 Å². The number of aromatic nitrogens is 2. The van der Waals surface area contributed by atoms with Gasteiger partial charge in [0.1, 0.15) is 11.4 Å². The highest BCUT2D eigenvalue weighted by Crippen LogP contribution is 2.56. The monoisotopic (exact) mass is 382 g/mol. The molecule has 1 aromatic heterocycles. The molecule has 146 valence electrons.